The number of carbonyl (C=O) groups is 2. The Balaban J connectivity index is 1.21. The zero-order chi connectivity index (χ0) is 35.3. The minimum atomic E-state index is -0.235. The van der Waals surface area contributed by atoms with Crippen LogP contribution in [0.25, 0.3) is 16.5 Å². The lowest BCUT2D eigenvalue weighted by Crippen LogP contribution is -2.46. The molecule has 1 N–H and O–H groups in total. The van der Waals surface area contributed by atoms with Crippen LogP contribution in [0.4, 0.5) is 17.2 Å². The van der Waals surface area contributed by atoms with Gasteiger partial charge in [-0.3, -0.25) is 14.5 Å². The molecule has 0 spiro atoms. The van der Waals surface area contributed by atoms with Crippen molar-refractivity contribution in [3.05, 3.63) is 78.1 Å². The number of nitrogens with one attached hydrogen (secondary N) is 1. The quantitative estimate of drug-likeness (QED) is 0.104. The van der Waals surface area contributed by atoms with Gasteiger partial charge in [-0.15, -0.1) is 11.8 Å². The van der Waals surface area contributed by atoms with E-state index in [2.05, 4.69) is 50.2 Å². The summed E-state index contributed by atoms with van der Waals surface area (Å²) >= 11 is 1.66. The molecule has 4 aromatic rings. The normalized spacial score (nSPS) is 15.7. The first-order valence-electron chi connectivity index (χ1n) is 16.8. The third kappa shape index (κ3) is 7.51. The number of carbonyl (C=O) groups excluding carboxylic acids is 2. The fourth-order valence-electron chi connectivity index (χ4n) is 6.36. The van der Waals surface area contributed by atoms with Crippen molar-refractivity contribution in [2.75, 3.05) is 76.4 Å². The number of allylic oxidation sites excluding steroid dienone is 4. The third-order valence-corrected chi connectivity index (χ3v) is 9.84. The van der Waals surface area contributed by atoms with E-state index >= 15 is 0 Å². The Bertz CT molecular complexity index is 2030. The van der Waals surface area contributed by atoms with Crippen LogP contribution in [0, 0.1) is 0 Å². The average molecular weight is 710 g/mol. The number of methoxy groups -OCH3 is 2. The lowest BCUT2D eigenvalue weighted by Gasteiger charge is -2.37. The van der Waals surface area contributed by atoms with Crippen LogP contribution in [0.1, 0.15) is 18.1 Å². The predicted octanol–water partition coefficient (Wildman–Crippen LogP) is 5.66. The highest BCUT2D eigenvalue weighted by atomic mass is 32.2. The highest BCUT2D eigenvalue weighted by molar-refractivity contribution is 7.99. The number of anilines is 3. The molecule has 1 aromatic heterocycles. The molecule has 3 aromatic carbocycles. The van der Waals surface area contributed by atoms with Gasteiger partial charge in [0.2, 0.25) is 6.79 Å². The Morgan fingerprint density at radius 1 is 0.922 bits per heavy atom. The molecule has 264 valence electrons. The lowest BCUT2D eigenvalue weighted by molar-refractivity contribution is -0.113. The summed E-state index contributed by atoms with van der Waals surface area (Å²) in [6.45, 7) is 7.24. The van der Waals surface area contributed by atoms with E-state index in [9.17, 15) is 9.59 Å². The molecule has 0 unspecified atom stereocenters. The van der Waals surface area contributed by atoms with Crippen molar-refractivity contribution in [1.82, 2.24) is 14.9 Å². The van der Waals surface area contributed by atoms with Crippen molar-refractivity contribution in [1.29, 1.82) is 0 Å². The van der Waals surface area contributed by atoms with Crippen LogP contribution in [0.5, 0.6) is 23.0 Å². The van der Waals surface area contributed by atoms with Gasteiger partial charge in [-0.25, -0.2) is 9.97 Å². The zero-order valence-electron chi connectivity index (χ0n) is 28.8. The van der Waals surface area contributed by atoms with Gasteiger partial charge in [-0.1, -0.05) is 13.0 Å². The van der Waals surface area contributed by atoms with Crippen LogP contribution in [0.3, 0.4) is 0 Å². The number of ketones is 2. The van der Waals surface area contributed by atoms with Gasteiger partial charge in [-0.2, -0.15) is 0 Å². The van der Waals surface area contributed by atoms with Crippen LogP contribution < -0.4 is 29.2 Å². The smallest absolute Gasteiger partial charge is 0.231 e. The second kappa shape index (κ2) is 15.4. The second-order valence-electron chi connectivity index (χ2n) is 12.1. The molecule has 3 heterocycles. The number of piperazine rings is 1. The van der Waals surface area contributed by atoms with Gasteiger partial charge in [0, 0.05) is 73.0 Å². The Morgan fingerprint density at radius 3 is 2.57 bits per heavy atom. The Labute approximate surface area is 300 Å². The predicted molar refractivity (Wildman–Crippen MR) is 197 cm³/mol. The number of hydrogen-bond acceptors (Lipinski definition) is 13. The van der Waals surface area contributed by atoms with Gasteiger partial charge in [0.15, 0.2) is 34.6 Å². The van der Waals surface area contributed by atoms with E-state index in [1.165, 1.54) is 30.1 Å². The van der Waals surface area contributed by atoms with Crippen molar-refractivity contribution in [3.8, 4) is 23.0 Å². The van der Waals surface area contributed by atoms with E-state index in [-0.39, 0.29) is 18.4 Å². The lowest BCUT2D eigenvalue weighted by atomic mass is 9.94. The Kier molecular flexibility index (Phi) is 10.4. The van der Waals surface area contributed by atoms with Gasteiger partial charge in [0.1, 0.15) is 18.8 Å². The summed E-state index contributed by atoms with van der Waals surface area (Å²) in [4.78, 5) is 40.8. The number of fused-ring (bicyclic) bond motifs is 2. The van der Waals surface area contributed by atoms with Gasteiger partial charge in [0.25, 0.3) is 0 Å². The molecule has 13 heteroatoms. The molecule has 1 saturated heterocycles. The number of benzene rings is 3. The van der Waals surface area contributed by atoms with Crippen molar-refractivity contribution in [2.45, 2.75) is 18.4 Å². The Morgan fingerprint density at radius 2 is 1.76 bits per heavy atom. The van der Waals surface area contributed by atoms with Crippen molar-refractivity contribution >= 4 is 57.0 Å². The van der Waals surface area contributed by atoms with Crippen LogP contribution >= 0.6 is 11.8 Å². The molecule has 1 aliphatic carbocycles. The number of aromatic nitrogens is 2. The molecule has 12 nitrogen and oxygen atoms in total. The van der Waals surface area contributed by atoms with Gasteiger partial charge < -0.3 is 33.9 Å². The molecule has 0 saturated carbocycles. The summed E-state index contributed by atoms with van der Waals surface area (Å²) < 4.78 is 27.7. The standard InChI is InChI=1S/C38H39N5O7S/c1-4-51-36-17-25(43-11-9-42(10-12-43)21-24-5-8-32-34(15-24)50-23-49-32)16-28(27-18-26(44)6-7-31(27)45)37(36)41-38-29-19-33(47-3)35(48-14-13-46-2)20-30(29)39-22-40-38/h5-8,15-20,22H,4,9-14,21,23H2,1-3H3,(H,39,40,41). The fraction of sp³-hybridized carbons (Fsp3) is 0.316. The number of thioether (sulfide) groups is 1. The van der Waals surface area contributed by atoms with E-state index in [0.29, 0.717) is 58.3 Å². The number of ether oxygens (including phenoxy) is 5. The molecule has 7 rings (SSSR count). The first-order chi connectivity index (χ1) is 24.9. The number of nitrogens with zero attached hydrogens (tertiary/aromatic N) is 4. The maximum Gasteiger partial charge on any atom is 0.231 e. The van der Waals surface area contributed by atoms with Crippen LogP contribution in [0.2, 0.25) is 0 Å². The SMILES string of the molecule is CCSc1cc(N2CCN(Cc3ccc4c(c3)OCO4)CC2)cc(C2=CC(=O)C=CC2=O)c1Nc1ncnc2cc(OCCOC)c(OC)cc12. The Hall–Kier alpha value is -5.11. The summed E-state index contributed by atoms with van der Waals surface area (Å²) in [5.74, 6) is 3.48. The highest BCUT2D eigenvalue weighted by Crippen LogP contribution is 2.43. The third-order valence-electron chi connectivity index (χ3n) is 8.92. The molecule has 1 fully saturated rings. The summed E-state index contributed by atoms with van der Waals surface area (Å²) in [6, 6.07) is 13.9. The largest absolute Gasteiger partial charge is 0.493 e. The van der Waals surface area contributed by atoms with Gasteiger partial charge in [-0.05, 0) is 59.9 Å². The molecule has 2 aliphatic heterocycles. The van der Waals surface area contributed by atoms with E-state index in [4.69, 9.17) is 23.7 Å². The van der Waals surface area contributed by atoms with E-state index in [1.54, 1.807) is 26.0 Å². The molecule has 0 atom stereocenters. The van der Waals surface area contributed by atoms with Gasteiger partial charge in [0.05, 0.1) is 24.9 Å². The molecular weight excluding hydrogens is 671 g/mol. The molecular formula is C38H39N5O7S. The van der Waals surface area contributed by atoms with Crippen molar-refractivity contribution < 1.29 is 33.3 Å². The van der Waals surface area contributed by atoms with E-state index in [0.717, 1.165) is 60.6 Å². The fourth-order valence-corrected chi connectivity index (χ4v) is 7.19. The van der Waals surface area contributed by atoms with Crippen molar-refractivity contribution in [2.24, 2.45) is 0 Å². The monoisotopic (exact) mass is 709 g/mol. The maximum absolute atomic E-state index is 13.4. The van der Waals surface area contributed by atoms with Crippen LogP contribution in [0.15, 0.2) is 71.9 Å². The van der Waals surface area contributed by atoms with Crippen molar-refractivity contribution in [3.63, 3.8) is 0 Å². The molecule has 0 bridgehead atoms. The zero-order valence-corrected chi connectivity index (χ0v) is 29.6. The number of hydrogen-bond donors (Lipinski definition) is 1. The summed E-state index contributed by atoms with van der Waals surface area (Å²) in [5, 5.41) is 4.25. The molecule has 51 heavy (non-hydrogen) atoms. The first kappa shape index (κ1) is 34.3. The summed E-state index contributed by atoms with van der Waals surface area (Å²) in [5.41, 5.74) is 4.46. The van der Waals surface area contributed by atoms with Crippen LogP contribution in [-0.2, 0) is 20.9 Å². The number of rotatable bonds is 13. The van der Waals surface area contributed by atoms with Gasteiger partial charge >= 0.3 is 0 Å². The first-order valence-corrected chi connectivity index (χ1v) is 17.8. The van der Waals surface area contributed by atoms with E-state index in [1.807, 2.05) is 24.3 Å². The topological polar surface area (TPSA) is 125 Å². The second-order valence-corrected chi connectivity index (χ2v) is 13.4. The average Bonchev–Trinajstić information content (AvgIpc) is 3.62. The summed E-state index contributed by atoms with van der Waals surface area (Å²) in [6.07, 6.45) is 5.55. The molecule has 0 amide bonds. The highest BCUT2D eigenvalue weighted by Gasteiger charge is 2.26. The minimum absolute atomic E-state index is 0.233. The minimum Gasteiger partial charge on any atom is -0.493 e. The molecule has 0 radical (unpaired) electrons. The molecule has 3 aliphatic rings. The van der Waals surface area contributed by atoms with E-state index < -0.39 is 0 Å². The van der Waals surface area contributed by atoms with Crippen LogP contribution in [-0.4, -0.2) is 92.6 Å². The maximum atomic E-state index is 13.4. The summed E-state index contributed by atoms with van der Waals surface area (Å²) in [7, 11) is 3.20.